The maximum atomic E-state index is 10.2. The fourth-order valence-corrected chi connectivity index (χ4v) is 7.85. The summed E-state index contributed by atoms with van der Waals surface area (Å²) in [6.07, 6.45) is 4.09. The fourth-order valence-electron chi connectivity index (χ4n) is 7.85. The molecule has 1 unspecified atom stereocenters. The molecule has 7 aromatic carbocycles. The van der Waals surface area contributed by atoms with Gasteiger partial charge in [0.05, 0.1) is 0 Å². The number of anilines is 1. The van der Waals surface area contributed by atoms with E-state index >= 15 is 0 Å². The Kier molecular flexibility index (Phi) is 11.2. The largest absolute Gasteiger partial charge is 0.488 e. The number of hydrogen-bond donors (Lipinski definition) is 4. The lowest BCUT2D eigenvalue weighted by atomic mass is 9.77. The average molecular weight is 688 g/mol. The lowest BCUT2D eigenvalue weighted by Crippen LogP contribution is -2.38. The van der Waals surface area contributed by atoms with Gasteiger partial charge in [0.25, 0.3) is 0 Å². The summed E-state index contributed by atoms with van der Waals surface area (Å²) in [6.45, 7) is 5.06. The summed E-state index contributed by atoms with van der Waals surface area (Å²) in [4.78, 5) is 4.85. The molecule has 0 heterocycles. The van der Waals surface area contributed by atoms with E-state index in [1.165, 1.54) is 37.9 Å². The predicted molar refractivity (Wildman–Crippen MR) is 217 cm³/mol. The van der Waals surface area contributed by atoms with Crippen LogP contribution in [0.1, 0.15) is 49.3 Å². The molecular weight excluding hydrogens is 642 g/mol. The molecule has 4 N–H and O–H groups in total. The first-order valence-electron chi connectivity index (χ1n) is 18.4. The first-order valence-corrected chi connectivity index (χ1v) is 18.4. The minimum atomic E-state index is -1.53. The van der Waals surface area contributed by atoms with Gasteiger partial charge in [0.15, 0.2) is 0 Å². The summed E-state index contributed by atoms with van der Waals surface area (Å²) in [5.41, 5.74) is 5.30. The Morgan fingerprint density at radius 2 is 1.10 bits per heavy atom. The van der Waals surface area contributed by atoms with Crippen molar-refractivity contribution in [3.05, 3.63) is 150 Å². The van der Waals surface area contributed by atoms with Gasteiger partial charge in [-0.15, -0.1) is 0 Å². The van der Waals surface area contributed by atoms with E-state index in [4.69, 9.17) is 0 Å². The quantitative estimate of drug-likeness (QED) is 0.0520. The second kappa shape index (κ2) is 16.3. The van der Waals surface area contributed by atoms with Crippen LogP contribution >= 0.6 is 0 Å². The molecule has 0 saturated heterocycles. The smallest absolute Gasteiger partial charge is 0.423 e. The highest BCUT2D eigenvalue weighted by Gasteiger charge is 2.22. The lowest BCUT2D eigenvalue weighted by Gasteiger charge is -2.31. The summed E-state index contributed by atoms with van der Waals surface area (Å²) in [5.74, 6) is 0. The van der Waals surface area contributed by atoms with Gasteiger partial charge in [0, 0.05) is 43.3 Å². The molecule has 0 radical (unpaired) electrons. The first kappa shape index (κ1) is 35.7. The molecule has 52 heavy (non-hydrogen) atoms. The van der Waals surface area contributed by atoms with E-state index < -0.39 is 14.2 Å². The molecule has 0 aliphatic heterocycles. The molecule has 6 nitrogen and oxygen atoms in total. The highest BCUT2D eigenvalue weighted by atomic mass is 16.4. The summed E-state index contributed by atoms with van der Waals surface area (Å²) >= 11 is 0. The van der Waals surface area contributed by atoms with Crippen LogP contribution < -0.4 is 15.8 Å². The van der Waals surface area contributed by atoms with E-state index in [9.17, 15) is 20.1 Å². The van der Waals surface area contributed by atoms with Crippen molar-refractivity contribution in [1.82, 2.24) is 4.90 Å². The van der Waals surface area contributed by atoms with Crippen molar-refractivity contribution >= 4 is 63.2 Å². The minimum absolute atomic E-state index is 0.274. The first-order chi connectivity index (χ1) is 25.4. The zero-order chi connectivity index (χ0) is 36.0. The SMILES string of the molecule is CC(CCCCCN(Cc1ccccc1B(O)O)c1ccc2ccc3cccc4ccc1c2c34)N(Cc1ccccc1)Cc1ccccc1B(O)O. The molecule has 0 aromatic heterocycles. The normalized spacial score (nSPS) is 12.3. The van der Waals surface area contributed by atoms with Gasteiger partial charge < -0.3 is 25.0 Å². The van der Waals surface area contributed by atoms with Gasteiger partial charge in [-0.1, -0.05) is 140 Å². The third-order valence-electron chi connectivity index (χ3n) is 10.6. The van der Waals surface area contributed by atoms with Crippen LogP contribution in [-0.2, 0) is 19.6 Å². The Balaban J connectivity index is 1.10. The molecule has 0 spiro atoms. The summed E-state index contributed by atoms with van der Waals surface area (Å²) < 4.78 is 0. The molecule has 0 aliphatic rings. The zero-order valence-electron chi connectivity index (χ0n) is 29.8. The Bertz CT molecular complexity index is 2210. The highest BCUT2D eigenvalue weighted by Crippen LogP contribution is 2.39. The lowest BCUT2D eigenvalue weighted by molar-refractivity contribution is 0.179. The third kappa shape index (κ3) is 7.87. The van der Waals surface area contributed by atoms with Crippen molar-refractivity contribution in [3.63, 3.8) is 0 Å². The summed E-state index contributed by atoms with van der Waals surface area (Å²) in [5, 5.41) is 48.0. The second-order valence-corrected chi connectivity index (χ2v) is 14.1. The summed E-state index contributed by atoms with van der Waals surface area (Å²) in [7, 11) is -3.04. The van der Waals surface area contributed by atoms with Crippen LogP contribution in [0.4, 0.5) is 5.69 Å². The van der Waals surface area contributed by atoms with Crippen molar-refractivity contribution in [2.75, 3.05) is 11.4 Å². The number of hydrogen-bond acceptors (Lipinski definition) is 6. The van der Waals surface area contributed by atoms with Gasteiger partial charge in [-0.05, 0) is 80.4 Å². The van der Waals surface area contributed by atoms with Gasteiger partial charge in [0.1, 0.15) is 0 Å². The van der Waals surface area contributed by atoms with Crippen LogP contribution in [-0.4, -0.2) is 51.8 Å². The van der Waals surface area contributed by atoms with Crippen molar-refractivity contribution in [1.29, 1.82) is 0 Å². The van der Waals surface area contributed by atoms with Crippen LogP contribution in [0.3, 0.4) is 0 Å². The van der Waals surface area contributed by atoms with Crippen LogP contribution in [0.2, 0.25) is 0 Å². The van der Waals surface area contributed by atoms with E-state index in [-0.39, 0.29) is 6.04 Å². The molecule has 7 aromatic rings. The molecule has 0 aliphatic carbocycles. The van der Waals surface area contributed by atoms with E-state index in [2.05, 4.69) is 95.6 Å². The van der Waals surface area contributed by atoms with Crippen molar-refractivity contribution in [2.45, 2.75) is 58.3 Å². The Morgan fingerprint density at radius 1 is 0.519 bits per heavy atom. The number of rotatable bonds is 16. The highest BCUT2D eigenvalue weighted by molar-refractivity contribution is 6.59. The molecule has 7 rings (SSSR count). The standard InChI is InChI=1S/C44H46B2N2O4/c1-32(48(29-33-14-5-2-6-15-33)31-38-17-8-10-21-41(38)46(51)52)13-4-3-11-28-47(30-37-16-7-9-20-40(37)45(49)50)42-27-25-36-23-22-34-18-12-19-35-24-26-39(42)44(36)43(34)35/h2,5-10,12,14-27,32,49-52H,3-4,11,13,28-31H2,1H3. The zero-order valence-corrected chi connectivity index (χ0v) is 29.8. The molecular formula is C44H46B2N2O4. The van der Waals surface area contributed by atoms with E-state index in [1.807, 2.05) is 42.5 Å². The van der Waals surface area contributed by atoms with Crippen molar-refractivity contribution < 1.29 is 20.1 Å². The van der Waals surface area contributed by atoms with Crippen LogP contribution in [0.5, 0.6) is 0 Å². The monoisotopic (exact) mass is 688 g/mol. The molecule has 0 bridgehead atoms. The number of benzene rings is 7. The van der Waals surface area contributed by atoms with Gasteiger partial charge in [-0.25, -0.2) is 0 Å². The topological polar surface area (TPSA) is 87.4 Å². The second-order valence-electron chi connectivity index (χ2n) is 14.1. The minimum Gasteiger partial charge on any atom is -0.423 e. The van der Waals surface area contributed by atoms with Gasteiger partial charge in [-0.3, -0.25) is 4.90 Å². The van der Waals surface area contributed by atoms with Crippen molar-refractivity contribution in [2.24, 2.45) is 0 Å². The number of unbranched alkanes of at least 4 members (excludes halogenated alkanes) is 2. The molecule has 0 amide bonds. The molecule has 262 valence electrons. The molecule has 0 fully saturated rings. The molecule has 1 atom stereocenters. The van der Waals surface area contributed by atoms with Gasteiger partial charge in [0.2, 0.25) is 0 Å². The van der Waals surface area contributed by atoms with Crippen LogP contribution in [0, 0.1) is 0 Å². The Hall–Kier alpha value is -4.69. The average Bonchev–Trinajstić information content (AvgIpc) is 3.16. The molecule has 0 saturated carbocycles. The molecule has 8 heteroatoms. The van der Waals surface area contributed by atoms with E-state index in [0.29, 0.717) is 24.0 Å². The Morgan fingerprint density at radius 3 is 1.77 bits per heavy atom. The third-order valence-corrected chi connectivity index (χ3v) is 10.6. The van der Waals surface area contributed by atoms with Gasteiger partial charge in [-0.2, -0.15) is 0 Å². The van der Waals surface area contributed by atoms with Crippen molar-refractivity contribution in [3.8, 4) is 0 Å². The van der Waals surface area contributed by atoms with E-state index in [0.717, 1.165) is 55.6 Å². The van der Waals surface area contributed by atoms with Crippen LogP contribution in [0.25, 0.3) is 32.3 Å². The van der Waals surface area contributed by atoms with Gasteiger partial charge >= 0.3 is 14.2 Å². The maximum absolute atomic E-state index is 10.2. The van der Waals surface area contributed by atoms with E-state index in [1.54, 1.807) is 12.1 Å². The predicted octanol–water partition coefficient (Wildman–Crippen LogP) is 6.60. The summed E-state index contributed by atoms with van der Waals surface area (Å²) in [6, 6.07) is 45.7. The maximum Gasteiger partial charge on any atom is 0.488 e. The van der Waals surface area contributed by atoms with Crippen LogP contribution in [0.15, 0.2) is 133 Å². The number of nitrogens with zero attached hydrogens (tertiary/aromatic N) is 2. The Labute approximate surface area is 307 Å². The fraction of sp³-hybridized carbons (Fsp3) is 0.227.